The standard InChI is InChI=1S/C13H23N3O/c1-10(2)7-14-13-15-11(3)8-16(13)12-5-4-6-17-9-12/h8,10,12H,4-7,9H2,1-3H3,(H,14,15). The average molecular weight is 237 g/mol. The minimum absolute atomic E-state index is 0.444. The monoisotopic (exact) mass is 237 g/mol. The second-order valence-corrected chi connectivity index (χ2v) is 5.26. The minimum atomic E-state index is 0.444. The maximum Gasteiger partial charge on any atom is 0.203 e. The van der Waals surface area contributed by atoms with Crippen LogP contribution in [-0.4, -0.2) is 29.3 Å². The summed E-state index contributed by atoms with van der Waals surface area (Å²) in [5.74, 6) is 1.62. The Labute approximate surface area is 103 Å². The lowest BCUT2D eigenvalue weighted by Crippen LogP contribution is -2.23. The number of hydrogen-bond donors (Lipinski definition) is 1. The summed E-state index contributed by atoms with van der Waals surface area (Å²) in [6.07, 6.45) is 4.46. The summed E-state index contributed by atoms with van der Waals surface area (Å²) in [5.41, 5.74) is 1.07. The number of rotatable bonds is 4. The predicted molar refractivity (Wildman–Crippen MR) is 69.4 cm³/mol. The van der Waals surface area contributed by atoms with Gasteiger partial charge in [-0.3, -0.25) is 0 Å². The fourth-order valence-electron chi connectivity index (χ4n) is 2.16. The van der Waals surface area contributed by atoms with Crippen molar-refractivity contribution >= 4 is 5.95 Å². The van der Waals surface area contributed by atoms with E-state index in [1.807, 2.05) is 6.92 Å². The second kappa shape index (κ2) is 5.54. The lowest BCUT2D eigenvalue weighted by atomic mass is 10.1. The zero-order valence-corrected chi connectivity index (χ0v) is 11.1. The van der Waals surface area contributed by atoms with Gasteiger partial charge in [-0.25, -0.2) is 4.98 Å². The first-order chi connectivity index (χ1) is 8.16. The maximum absolute atomic E-state index is 5.55. The van der Waals surface area contributed by atoms with Gasteiger partial charge < -0.3 is 14.6 Å². The molecule has 1 aromatic heterocycles. The van der Waals surface area contributed by atoms with Crippen molar-refractivity contribution in [2.45, 2.75) is 39.7 Å². The van der Waals surface area contributed by atoms with Crippen LogP contribution in [0.2, 0.25) is 0 Å². The molecule has 1 aliphatic rings. The van der Waals surface area contributed by atoms with Crippen LogP contribution in [0.1, 0.15) is 38.4 Å². The Balaban J connectivity index is 2.08. The van der Waals surface area contributed by atoms with Crippen LogP contribution in [0.4, 0.5) is 5.95 Å². The highest BCUT2D eigenvalue weighted by atomic mass is 16.5. The third kappa shape index (κ3) is 3.22. The summed E-state index contributed by atoms with van der Waals surface area (Å²) in [7, 11) is 0. The Morgan fingerprint density at radius 3 is 3.06 bits per heavy atom. The molecule has 0 aliphatic carbocycles. The topological polar surface area (TPSA) is 39.1 Å². The van der Waals surface area contributed by atoms with Crippen LogP contribution in [0.5, 0.6) is 0 Å². The van der Waals surface area contributed by atoms with Crippen LogP contribution < -0.4 is 5.32 Å². The molecule has 0 spiro atoms. The van der Waals surface area contributed by atoms with Crippen LogP contribution in [-0.2, 0) is 4.74 Å². The molecule has 0 aromatic carbocycles. The largest absolute Gasteiger partial charge is 0.379 e. The lowest BCUT2D eigenvalue weighted by Gasteiger charge is -2.25. The minimum Gasteiger partial charge on any atom is -0.379 e. The van der Waals surface area contributed by atoms with Gasteiger partial charge in [0.05, 0.1) is 18.3 Å². The number of nitrogens with zero attached hydrogens (tertiary/aromatic N) is 2. The summed E-state index contributed by atoms with van der Waals surface area (Å²) < 4.78 is 7.80. The van der Waals surface area contributed by atoms with Crippen LogP contribution in [0.15, 0.2) is 6.20 Å². The van der Waals surface area contributed by atoms with E-state index in [1.165, 1.54) is 6.42 Å². The van der Waals surface area contributed by atoms with Crippen molar-refractivity contribution in [2.75, 3.05) is 25.1 Å². The molecule has 0 saturated carbocycles. The molecule has 4 nitrogen and oxygen atoms in total. The molecule has 0 radical (unpaired) electrons. The van der Waals surface area contributed by atoms with Gasteiger partial charge in [0.15, 0.2) is 0 Å². The Hall–Kier alpha value is -1.03. The molecule has 1 fully saturated rings. The predicted octanol–water partition coefficient (Wildman–Crippen LogP) is 2.61. The fraction of sp³-hybridized carbons (Fsp3) is 0.769. The highest BCUT2D eigenvalue weighted by Crippen LogP contribution is 2.24. The van der Waals surface area contributed by atoms with Gasteiger partial charge in [0, 0.05) is 19.3 Å². The van der Waals surface area contributed by atoms with Gasteiger partial charge in [-0.05, 0) is 25.7 Å². The lowest BCUT2D eigenvalue weighted by molar-refractivity contribution is 0.0598. The van der Waals surface area contributed by atoms with Crippen molar-refractivity contribution in [3.05, 3.63) is 11.9 Å². The van der Waals surface area contributed by atoms with Crippen LogP contribution in [0, 0.1) is 12.8 Å². The Morgan fingerprint density at radius 1 is 1.59 bits per heavy atom. The smallest absolute Gasteiger partial charge is 0.203 e. The first kappa shape index (κ1) is 12.4. The molecule has 96 valence electrons. The molecule has 1 aromatic rings. The quantitative estimate of drug-likeness (QED) is 0.875. The molecule has 2 rings (SSSR count). The van der Waals surface area contributed by atoms with Gasteiger partial charge in [-0.2, -0.15) is 0 Å². The molecule has 0 bridgehead atoms. The van der Waals surface area contributed by atoms with E-state index < -0.39 is 0 Å². The summed E-state index contributed by atoms with van der Waals surface area (Å²) in [4.78, 5) is 4.55. The van der Waals surface area contributed by atoms with E-state index in [0.29, 0.717) is 12.0 Å². The zero-order valence-electron chi connectivity index (χ0n) is 11.1. The SMILES string of the molecule is Cc1cn(C2CCCOC2)c(NCC(C)C)n1. The average Bonchev–Trinajstić information content (AvgIpc) is 2.69. The van der Waals surface area contributed by atoms with Crippen molar-refractivity contribution in [1.82, 2.24) is 9.55 Å². The number of aromatic nitrogens is 2. The van der Waals surface area contributed by atoms with Gasteiger partial charge in [-0.1, -0.05) is 13.8 Å². The van der Waals surface area contributed by atoms with Gasteiger partial charge in [0.25, 0.3) is 0 Å². The van der Waals surface area contributed by atoms with Crippen molar-refractivity contribution in [1.29, 1.82) is 0 Å². The molecule has 1 saturated heterocycles. The van der Waals surface area contributed by atoms with Crippen molar-refractivity contribution in [2.24, 2.45) is 5.92 Å². The third-order valence-electron chi connectivity index (χ3n) is 3.05. The molecule has 1 aliphatic heterocycles. The molecule has 1 N–H and O–H groups in total. The fourth-order valence-corrected chi connectivity index (χ4v) is 2.16. The molecular weight excluding hydrogens is 214 g/mol. The number of hydrogen-bond acceptors (Lipinski definition) is 3. The zero-order chi connectivity index (χ0) is 12.3. The van der Waals surface area contributed by atoms with E-state index in [-0.39, 0.29) is 0 Å². The van der Waals surface area contributed by atoms with Crippen molar-refractivity contribution < 1.29 is 4.74 Å². The molecule has 1 atom stereocenters. The highest BCUT2D eigenvalue weighted by Gasteiger charge is 2.19. The van der Waals surface area contributed by atoms with E-state index in [2.05, 4.69) is 34.9 Å². The summed E-state index contributed by atoms with van der Waals surface area (Å²) >= 11 is 0. The summed E-state index contributed by atoms with van der Waals surface area (Å²) in [6.45, 7) is 9.13. The number of aryl methyl sites for hydroxylation is 1. The molecule has 17 heavy (non-hydrogen) atoms. The van der Waals surface area contributed by atoms with E-state index in [4.69, 9.17) is 4.74 Å². The summed E-state index contributed by atoms with van der Waals surface area (Å²) in [5, 5.41) is 3.43. The van der Waals surface area contributed by atoms with E-state index in [9.17, 15) is 0 Å². The number of nitrogens with one attached hydrogen (secondary N) is 1. The van der Waals surface area contributed by atoms with E-state index in [0.717, 1.165) is 37.8 Å². The second-order valence-electron chi connectivity index (χ2n) is 5.26. The van der Waals surface area contributed by atoms with E-state index >= 15 is 0 Å². The van der Waals surface area contributed by atoms with Gasteiger partial charge >= 0.3 is 0 Å². The molecule has 0 amide bonds. The van der Waals surface area contributed by atoms with Gasteiger partial charge in [-0.15, -0.1) is 0 Å². The Morgan fingerprint density at radius 2 is 2.41 bits per heavy atom. The molecular formula is C13H23N3O. The Kier molecular flexibility index (Phi) is 4.05. The Bertz CT molecular complexity index is 354. The first-order valence-corrected chi connectivity index (χ1v) is 6.54. The summed E-state index contributed by atoms with van der Waals surface area (Å²) in [6, 6.07) is 0.444. The number of anilines is 1. The van der Waals surface area contributed by atoms with Crippen LogP contribution >= 0.6 is 0 Å². The third-order valence-corrected chi connectivity index (χ3v) is 3.05. The van der Waals surface area contributed by atoms with Crippen LogP contribution in [0.25, 0.3) is 0 Å². The highest BCUT2D eigenvalue weighted by molar-refractivity contribution is 5.29. The van der Waals surface area contributed by atoms with Gasteiger partial charge in [0.1, 0.15) is 0 Å². The van der Waals surface area contributed by atoms with E-state index in [1.54, 1.807) is 0 Å². The molecule has 2 heterocycles. The molecule has 1 unspecified atom stereocenters. The number of imidazole rings is 1. The number of ether oxygens (including phenoxy) is 1. The molecule has 4 heteroatoms. The van der Waals surface area contributed by atoms with Crippen LogP contribution in [0.3, 0.4) is 0 Å². The van der Waals surface area contributed by atoms with Crippen molar-refractivity contribution in [3.8, 4) is 0 Å². The normalized spacial score (nSPS) is 20.8. The first-order valence-electron chi connectivity index (χ1n) is 6.54. The van der Waals surface area contributed by atoms with Gasteiger partial charge in [0.2, 0.25) is 5.95 Å². The van der Waals surface area contributed by atoms with Crippen molar-refractivity contribution in [3.63, 3.8) is 0 Å². The maximum atomic E-state index is 5.55.